The van der Waals surface area contributed by atoms with Gasteiger partial charge in [0.2, 0.25) is 5.91 Å². The van der Waals surface area contributed by atoms with Crippen molar-refractivity contribution >= 4 is 35.0 Å². The molecule has 0 bridgehead atoms. The first kappa shape index (κ1) is 20.7. The van der Waals surface area contributed by atoms with Gasteiger partial charge in [0.25, 0.3) is 0 Å². The van der Waals surface area contributed by atoms with E-state index in [0.29, 0.717) is 6.04 Å². The molecule has 0 saturated heterocycles. The van der Waals surface area contributed by atoms with E-state index in [1.165, 1.54) is 10.6 Å². The van der Waals surface area contributed by atoms with Crippen LogP contribution in [0.5, 0.6) is 0 Å². The second kappa shape index (κ2) is 8.87. The maximum absolute atomic E-state index is 12.5. The molecule has 1 aliphatic rings. The predicted octanol–water partition coefficient (Wildman–Crippen LogP) is 4.31. The minimum Gasteiger partial charge on any atom is -0.314 e. The zero-order valence-electron chi connectivity index (χ0n) is 16.2. The number of nitrogens with one attached hydrogen (secondary N) is 2. The molecule has 1 aromatic heterocycles. The average Bonchev–Trinajstić information content (AvgIpc) is 2.93. The molecule has 2 rings (SSSR count). The summed E-state index contributed by atoms with van der Waals surface area (Å²) < 4.78 is 0. The van der Waals surface area contributed by atoms with Crippen LogP contribution in [0.3, 0.4) is 0 Å². The Morgan fingerprint density at radius 2 is 2.16 bits per heavy atom. The smallest absolute Gasteiger partial charge is 0.229 e. The van der Waals surface area contributed by atoms with E-state index in [1.807, 2.05) is 6.92 Å². The Balaban J connectivity index is 1.93. The zero-order valence-corrected chi connectivity index (χ0v) is 17.9. The zero-order chi connectivity index (χ0) is 18.6. The van der Waals surface area contributed by atoms with E-state index in [2.05, 4.69) is 55.9 Å². The molecule has 0 spiro atoms. The molecule has 0 radical (unpaired) electrons. The van der Waals surface area contributed by atoms with Crippen LogP contribution in [-0.4, -0.2) is 28.7 Å². The van der Waals surface area contributed by atoms with E-state index in [4.69, 9.17) is 0 Å². The van der Waals surface area contributed by atoms with E-state index < -0.39 is 0 Å². The molecular weight excluding hydrogens is 350 g/mol. The number of thiol groups is 1. The fourth-order valence-electron chi connectivity index (χ4n) is 3.23. The van der Waals surface area contributed by atoms with Crippen molar-refractivity contribution in [1.82, 2.24) is 10.3 Å². The summed E-state index contributed by atoms with van der Waals surface area (Å²) in [5.74, 6) is 0.0123. The molecule has 25 heavy (non-hydrogen) atoms. The third kappa shape index (κ3) is 5.69. The highest BCUT2D eigenvalue weighted by Gasteiger charge is 2.29. The van der Waals surface area contributed by atoms with Crippen molar-refractivity contribution in [1.29, 1.82) is 0 Å². The number of aryl methyl sites for hydroxylation is 1. The van der Waals surface area contributed by atoms with Gasteiger partial charge in [-0.25, -0.2) is 4.98 Å². The average molecular weight is 384 g/mol. The van der Waals surface area contributed by atoms with Crippen molar-refractivity contribution in [3.8, 4) is 0 Å². The van der Waals surface area contributed by atoms with Gasteiger partial charge in [0.1, 0.15) is 0 Å². The largest absolute Gasteiger partial charge is 0.314 e. The van der Waals surface area contributed by atoms with Crippen molar-refractivity contribution in [3.05, 3.63) is 10.6 Å². The number of anilines is 1. The summed E-state index contributed by atoms with van der Waals surface area (Å²) in [6.45, 7) is 11.7. The fourth-order valence-corrected chi connectivity index (χ4v) is 4.43. The molecule has 4 nitrogen and oxygen atoms in total. The van der Waals surface area contributed by atoms with E-state index in [0.717, 1.165) is 43.8 Å². The third-order valence-corrected chi connectivity index (χ3v) is 7.00. The Labute approximate surface area is 162 Å². The van der Waals surface area contributed by atoms with Crippen LogP contribution in [0.25, 0.3) is 0 Å². The maximum Gasteiger partial charge on any atom is 0.229 e. The minimum absolute atomic E-state index is 0.0279. The maximum atomic E-state index is 12.5. The van der Waals surface area contributed by atoms with E-state index in [9.17, 15) is 4.79 Å². The number of thiazole rings is 1. The number of rotatable bonds is 8. The highest BCUT2D eigenvalue weighted by atomic mass is 32.1. The van der Waals surface area contributed by atoms with Crippen molar-refractivity contribution in [2.75, 3.05) is 11.9 Å². The van der Waals surface area contributed by atoms with E-state index in [1.54, 1.807) is 11.3 Å². The number of hydrogen-bond donors (Lipinski definition) is 3. The second-order valence-corrected chi connectivity index (χ2v) is 9.90. The molecule has 3 atom stereocenters. The summed E-state index contributed by atoms with van der Waals surface area (Å²) in [6.07, 6.45) is 5.14. The summed E-state index contributed by atoms with van der Waals surface area (Å²) >= 11 is 6.20. The molecule has 1 amide bonds. The Kier molecular flexibility index (Phi) is 7.35. The Bertz CT molecular complexity index is 583. The van der Waals surface area contributed by atoms with Crippen LogP contribution in [-0.2, 0) is 17.6 Å². The minimum atomic E-state index is -0.0514. The van der Waals surface area contributed by atoms with Gasteiger partial charge in [-0.05, 0) is 44.1 Å². The summed E-state index contributed by atoms with van der Waals surface area (Å²) in [7, 11) is 0. The molecule has 0 aromatic carbocycles. The number of amides is 1. The Hall–Kier alpha value is -0.590. The van der Waals surface area contributed by atoms with Gasteiger partial charge >= 0.3 is 0 Å². The SMILES string of the molecule is CCCNC1CCc2nc(NC(=O)C(C)CC(C)(C)C(C)S)sc2C1. The summed E-state index contributed by atoms with van der Waals surface area (Å²) in [5.41, 5.74) is 1.20. The molecule has 6 heteroatoms. The lowest BCUT2D eigenvalue weighted by atomic mass is 9.80. The first-order valence-electron chi connectivity index (χ1n) is 9.43. The normalized spacial score (nSPS) is 20.0. The van der Waals surface area contributed by atoms with Crippen molar-refractivity contribution in [2.45, 2.75) is 78.0 Å². The van der Waals surface area contributed by atoms with Crippen LogP contribution in [0.2, 0.25) is 0 Å². The topological polar surface area (TPSA) is 54.0 Å². The Morgan fingerprint density at radius 3 is 2.80 bits per heavy atom. The second-order valence-electron chi connectivity index (χ2n) is 8.04. The first-order chi connectivity index (χ1) is 11.7. The predicted molar refractivity (Wildman–Crippen MR) is 111 cm³/mol. The first-order valence-corrected chi connectivity index (χ1v) is 10.8. The van der Waals surface area contributed by atoms with Crippen molar-refractivity contribution in [2.24, 2.45) is 11.3 Å². The quantitative estimate of drug-likeness (QED) is 0.586. The fraction of sp³-hybridized carbons (Fsp3) is 0.789. The highest BCUT2D eigenvalue weighted by Crippen LogP contribution is 2.34. The van der Waals surface area contributed by atoms with Crippen molar-refractivity contribution in [3.63, 3.8) is 0 Å². The van der Waals surface area contributed by atoms with Crippen molar-refractivity contribution < 1.29 is 4.79 Å². The van der Waals surface area contributed by atoms with Gasteiger partial charge in [0.05, 0.1) is 5.69 Å². The molecule has 0 saturated carbocycles. The number of aromatic nitrogens is 1. The third-order valence-electron chi connectivity index (χ3n) is 5.26. The molecule has 2 N–H and O–H groups in total. The number of nitrogens with zero attached hydrogens (tertiary/aromatic N) is 1. The Morgan fingerprint density at radius 1 is 1.44 bits per heavy atom. The van der Waals surface area contributed by atoms with Crippen LogP contribution in [0, 0.1) is 11.3 Å². The molecule has 1 aliphatic carbocycles. The van der Waals surface area contributed by atoms with Gasteiger partial charge in [-0.3, -0.25) is 4.79 Å². The summed E-state index contributed by atoms with van der Waals surface area (Å²) in [4.78, 5) is 18.5. The number of carbonyl (C=O) groups is 1. The monoisotopic (exact) mass is 383 g/mol. The van der Waals surface area contributed by atoms with Gasteiger partial charge in [0.15, 0.2) is 5.13 Å². The molecule has 1 heterocycles. The van der Waals surface area contributed by atoms with Gasteiger partial charge in [-0.1, -0.05) is 34.6 Å². The van der Waals surface area contributed by atoms with E-state index in [-0.39, 0.29) is 22.5 Å². The van der Waals surface area contributed by atoms with E-state index >= 15 is 0 Å². The lowest BCUT2D eigenvalue weighted by molar-refractivity contribution is -0.120. The van der Waals surface area contributed by atoms with Crippen LogP contribution in [0.4, 0.5) is 5.13 Å². The molecule has 1 aromatic rings. The number of hydrogen-bond acceptors (Lipinski definition) is 5. The van der Waals surface area contributed by atoms with Gasteiger partial charge in [0, 0.05) is 22.1 Å². The molecule has 0 aliphatic heterocycles. The van der Waals surface area contributed by atoms with Gasteiger partial charge in [-0.2, -0.15) is 12.6 Å². The highest BCUT2D eigenvalue weighted by molar-refractivity contribution is 7.81. The molecule has 0 fully saturated rings. The van der Waals surface area contributed by atoms with Crippen LogP contribution in [0.1, 0.15) is 64.5 Å². The number of carbonyl (C=O) groups excluding carboxylic acids is 1. The molecular formula is C19H33N3OS2. The number of fused-ring (bicyclic) bond motifs is 1. The summed E-state index contributed by atoms with van der Waals surface area (Å²) in [6, 6.07) is 0.549. The standard InChI is InChI=1S/C19H33N3OS2/c1-6-9-20-14-7-8-15-16(10-14)25-18(21-15)22-17(23)12(2)11-19(4,5)13(3)24/h12-14,20,24H,6-11H2,1-5H3,(H,21,22,23). The molecule has 3 unspecified atom stereocenters. The summed E-state index contributed by atoms with van der Waals surface area (Å²) in [5, 5.41) is 7.65. The van der Waals surface area contributed by atoms with Crippen LogP contribution in [0.15, 0.2) is 0 Å². The lowest BCUT2D eigenvalue weighted by Crippen LogP contribution is -2.34. The lowest BCUT2D eigenvalue weighted by Gasteiger charge is -2.30. The molecule has 142 valence electrons. The van der Waals surface area contributed by atoms with Gasteiger partial charge in [-0.15, -0.1) is 11.3 Å². The van der Waals surface area contributed by atoms with Crippen LogP contribution >= 0.6 is 24.0 Å². The van der Waals surface area contributed by atoms with Gasteiger partial charge < -0.3 is 10.6 Å². The van der Waals surface area contributed by atoms with Crippen LogP contribution < -0.4 is 10.6 Å².